The number of rotatable bonds is 5. The highest BCUT2D eigenvalue weighted by Crippen LogP contribution is 2.26. The third-order valence-electron chi connectivity index (χ3n) is 4.11. The maximum atomic E-state index is 12.7. The zero-order chi connectivity index (χ0) is 17.8. The summed E-state index contributed by atoms with van der Waals surface area (Å²) in [7, 11) is 0. The molecule has 0 spiro atoms. The second-order valence-corrected chi connectivity index (χ2v) is 6.95. The smallest absolute Gasteiger partial charge is 0.252 e. The Kier molecular flexibility index (Phi) is 5.34. The van der Waals surface area contributed by atoms with Gasteiger partial charge in [0.2, 0.25) is 0 Å². The maximum Gasteiger partial charge on any atom is 0.252 e. The maximum absolute atomic E-state index is 12.7. The van der Waals surface area contributed by atoms with Crippen LogP contribution in [0.1, 0.15) is 30.6 Å². The van der Waals surface area contributed by atoms with E-state index in [4.69, 9.17) is 16.6 Å². The largest absolute Gasteiger partial charge is 0.352 e. The van der Waals surface area contributed by atoms with Crippen molar-refractivity contribution in [3.8, 4) is 11.3 Å². The van der Waals surface area contributed by atoms with Gasteiger partial charge in [0, 0.05) is 22.5 Å². The first-order valence-corrected chi connectivity index (χ1v) is 8.86. The number of nitrogens with one attached hydrogen (secondary N) is 1. The summed E-state index contributed by atoms with van der Waals surface area (Å²) in [4.78, 5) is 17.4. The Labute approximate surface area is 153 Å². The van der Waals surface area contributed by atoms with Gasteiger partial charge < -0.3 is 5.32 Å². The second kappa shape index (κ2) is 7.66. The van der Waals surface area contributed by atoms with E-state index in [-0.39, 0.29) is 5.91 Å². The van der Waals surface area contributed by atoms with E-state index in [0.717, 1.165) is 28.6 Å². The predicted octanol–water partition coefficient (Wildman–Crippen LogP) is 5.33. The van der Waals surface area contributed by atoms with Gasteiger partial charge in [-0.05, 0) is 36.6 Å². The zero-order valence-corrected chi connectivity index (χ0v) is 15.2. The van der Waals surface area contributed by atoms with E-state index in [0.29, 0.717) is 23.0 Å². The molecule has 2 aromatic carbocycles. The molecule has 1 amide bonds. The molecule has 128 valence electrons. The number of benzene rings is 2. The van der Waals surface area contributed by atoms with Crippen molar-refractivity contribution in [3.05, 3.63) is 65.2 Å². The number of pyridine rings is 1. The molecule has 0 saturated heterocycles. The van der Waals surface area contributed by atoms with Gasteiger partial charge in [0.15, 0.2) is 0 Å². The molecule has 25 heavy (non-hydrogen) atoms. The number of nitrogens with zero attached hydrogens (tertiary/aromatic N) is 1. The number of aromatic nitrogens is 1. The van der Waals surface area contributed by atoms with Gasteiger partial charge in [0.05, 0.1) is 16.8 Å². The summed E-state index contributed by atoms with van der Waals surface area (Å²) in [5.41, 5.74) is 3.17. The van der Waals surface area contributed by atoms with E-state index in [1.54, 1.807) is 0 Å². The summed E-state index contributed by atoms with van der Waals surface area (Å²) >= 11 is 5.97. The molecule has 3 aromatic rings. The van der Waals surface area contributed by atoms with Crippen molar-refractivity contribution in [2.75, 3.05) is 6.54 Å². The number of carbonyl (C=O) groups is 1. The van der Waals surface area contributed by atoms with Crippen molar-refractivity contribution in [1.29, 1.82) is 0 Å². The molecule has 0 fully saturated rings. The third kappa shape index (κ3) is 4.18. The first-order chi connectivity index (χ1) is 12.0. The molecular weight excluding hydrogens is 332 g/mol. The molecule has 3 nitrogen and oxygen atoms in total. The normalized spacial score (nSPS) is 11.0. The monoisotopic (exact) mass is 352 g/mol. The molecule has 1 N–H and O–H groups in total. The number of halogens is 1. The predicted molar refractivity (Wildman–Crippen MR) is 104 cm³/mol. The number of amides is 1. The molecule has 1 aromatic heterocycles. The number of hydrogen-bond acceptors (Lipinski definition) is 2. The Hall–Kier alpha value is -2.39. The van der Waals surface area contributed by atoms with Crippen LogP contribution in [-0.2, 0) is 0 Å². The summed E-state index contributed by atoms with van der Waals surface area (Å²) in [6.07, 6.45) is 0.957. The Morgan fingerprint density at radius 3 is 2.56 bits per heavy atom. The molecule has 0 aliphatic carbocycles. The Balaban J connectivity index is 2.00. The average Bonchev–Trinajstić information content (AvgIpc) is 2.61. The molecule has 0 unspecified atom stereocenters. The minimum absolute atomic E-state index is 0.0607. The fraction of sp³-hybridized carbons (Fsp3) is 0.238. The molecule has 0 aliphatic heterocycles. The van der Waals surface area contributed by atoms with Crippen LogP contribution in [0, 0.1) is 5.92 Å². The van der Waals surface area contributed by atoms with Crippen LogP contribution < -0.4 is 5.32 Å². The van der Waals surface area contributed by atoms with Crippen LogP contribution >= 0.6 is 11.6 Å². The highest BCUT2D eigenvalue weighted by atomic mass is 35.5. The van der Waals surface area contributed by atoms with Crippen LogP contribution in [0.4, 0.5) is 0 Å². The molecule has 4 heteroatoms. The van der Waals surface area contributed by atoms with Crippen LogP contribution in [0.15, 0.2) is 54.6 Å². The first-order valence-electron chi connectivity index (χ1n) is 8.48. The number of hydrogen-bond donors (Lipinski definition) is 1. The number of fused-ring (bicyclic) bond motifs is 1. The highest BCUT2D eigenvalue weighted by Gasteiger charge is 2.13. The second-order valence-electron chi connectivity index (χ2n) is 6.52. The van der Waals surface area contributed by atoms with Crippen molar-refractivity contribution in [1.82, 2.24) is 10.3 Å². The van der Waals surface area contributed by atoms with Gasteiger partial charge in [0.25, 0.3) is 5.91 Å². The fourth-order valence-corrected chi connectivity index (χ4v) is 2.83. The van der Waals surface area contributed by atoms with E-state index >= 15 is 0 Å². The Morgan fingerprint density at radius 2 is 1.84 bits per heavy atom. The molecular formula is C21H21ClN2O. The third-order valence-corrected chi connectivity index (χ3v) is 4.36. The van der Waals surface area contributed by atoms with Crippen molar-refractivity contribution < 1.29 is 4.79 Å². The number of carbonyl (C=O) groups excluding carboxylic acids is 1. The lowest BCUT2D eigenvalue weighted by Gasteiger charge is -2.11. The van der Waals surface area contributed by atoms with Gasteiger partial charge in [-0.25, -0.2) is 4.98 Å². The molecule has 3 rings (SSSR count). The summed E-state index contributed by atoms with van der Waals surface area (Å²) in [6.45, 7) is 4.96. The summed E-state index contributed by atoms with van der Waals surface area (Å²) < 4.78 is 0. The van der Waals surface area contributed by atoms with Gasteiger partial charge in [-0.1, -0.05) is 55.8 Å². The van der Waals surface area contributed by atoms with Gasteiger partial charge in [-0.15, -0.1) is 0 Å². The fourth-order valence-electron chi connectivity index (χ4n) is 2.70. The van der Waals surface area contributed by atoms with E-state index in [2.05, 4.69) is 19.2 Å². The van der Waals surface area contributed by atoms with E-state index in [1.165, 1.54) is 0 Å². The van der Waals surface area contributed by atoms with Crippen LogP contribution in [-0.4, -0.2) is 17.4 Å². The van der Waals surface area contributed by atoms with E-state index < -0.39 is 0 Å². The minimum Gasteiger partial charge on any atom is -0.352 e. The number of para-hydroxylation sites is 1. The average molecular weight is 353 g/mol. The molecule has 0 bridgehead atoms. The summed E-state index contributed by atoms with van der Waals surface area (Å²) in [6, 6.07) is 17.1. The minimum atomic E-state index is -0.0607. The highest BCUT2D eigenvalue weighted by molar-refractivity contribution is 6.30. The topological polar surface area (TPSA) is 42.0 Å². The van der Waals surface area contributed by atoms with Crippen molar-refractivity contribution in [2.24, 2.45) is 5.92 Å². The lowest BCUT2D eigenvalue weighted by molar-refractivity contribution is 0.0953. The summed E-state index contributed by atoms with van der Waals surface area (Å²) in [5, 5.41) is 4.56. The lowest BCUT2D eigenvalue weighted by atomic mass is 10.0. The van der Waals surface area contributed by atoms with Crippen molar-refractivity contribution >= 4 is 28.4 Å². The van der Waals surface area contributed by atoms with E-state index in [9.17, 15) is 4.79 Å². The van der Waals surface area contributed by atoms with Crippen LogP contribution in [0.25, 0.3) is 22.2 Å². The Morgan fingerprint density at radius 1 is 1.12 bits per heavy atom. The van der Waals surface area contributed by atoms with Gasteiger partial charge >= 0.3 is 0 Å². The van der Waals surface area contributed by atoms with E-state index in [1.807, 2.05) is 54.6 Å². The molecule has 1 heterocycles. The van der Waals surface area contributed by atoms with Crippen molar-refractivity contribution in [2.45, 2.75) is 20.3 Å². The zero-order valence-electron chi connectivity index (χ0n) is 14.4. The first kappa shape index (κ1) is 17.4. The van der Waals surface area contributed by atoms with Gasteiger partial charge in [0.1, 0.15) is 0 Å². The lowest BCUT2D eigenvalue weighted by Crippen LogP contribution is -2.25. The van der Waals surface area contributed by atoms with Gasteiger partial charge in [-0.3, -0.25) is 4.79 Å². The molecule has 0 saturated carbocycles. The van der Waals surface area contributed by atoms with Gasteiger partial charge in [-0.2, -0.15) is 0 Å². The molecule has 0 atom stereocenters. The van der Waals surface area contributed by atoms with Crippen LogP contribution in [0.5, 0.6) is 0 Å². The van der Waals surface area contributed by atoms with Crippen LogP contribution in [0.3, 0.4) is 0 Å². The van der Waals surface area contributed by atoms with Crippen molar-refractivity contribution in [3.63, 3.8) is 0 Å². The summed E-state index contributed by atoms with van der Waals surface area (Å²) in [5.74, 6) is 0.494. The molecule has 0 radical (unpaired) electrons. The standard InChI is InChI=1S/C21H21ClN2O/c1-14(2)11-12-23-21(25)18-13-20(15-7-9-16(22)10-8-15)24-19-6-4-3-5-17(18)19/h3-10,13-14H,11-12H2,1-2H3,(H,23,25). The van der Waals surface area contributed by atoms with Crippen LogP contribution in [0.2, 0.25) is 5.02 Å². The quantitative estimate of drug-likeness (QED) is 0.674. The Bertz CT molecular complexity index is 888. The molecule has 0 aliphatic rings. The SMILES string of the molecule is CC(C)CCNC(=O)c1cc(-c2ccc(Cl)cc2)nc2ccccc12.